The number of urea groups is 1. The van der Waals surface area contributed by atoms with E-state index in [1.807, 2.05) is 30.3 Å². The minimum Gasteiger partial charge on any atom is -0.481 e. The van der Waals surface area contributed by atoms with Gasteiger partial charge in [-0.05, 0) is 12.5 Å². The fourth-order valence-electron chi connectivity index (χ4n) is 3.48. The molecule has 1 aliphatic rings. The number of furan rings is 1. The van der Waals surface area contributed by atoms with Gasteiger partial charge in [-0.2, -0.15) is 0 Å². The van der Waals surface area contributed by atoms with Crippen LogP contribution in [0.4, 0.5) is 4.79 Å². The number of hydrogen-bond acceptors (Lipinski definition) is 4. The number of carboxylic acids is 1. The number of carbonyl (C=O) groups excluding carboxylic acids is 2. The van der Waals surface area contributed by atoms with Gasteiger partial charge in [0.05, 0.1) is 11.8 Å². The lowest BCUT2D eigenvalue weighted by Gasteiger charge is -2.36. The quantitative estimate of drug-likeness (QED) is 0.832. The summed E-state index contributed by atoms with van der Waals surface area (Å²) in [7, 11) is 1.76. The van der Waals surface area contributed by atoms with Gasteiger partial charge >= 0.3 is 12.0 Å². The SMILES string of the molecule is Cc1coc(CC(=O)O)c1C(=O)N1CCN(C(=O)N(C)Cc2ccccc2)CC1. The average molecular weight is 399 g/mol. The Labute approximate surface area is 169 Å². The van der Waals surface area contributed by atoms with Crippen molar-refractivity contribution in [3.8, 4) is 0 Å². The summed E-state index contributed by atoms with van der Waals surface area (Å²) in [5.74, 6) is -1.14. The molecule has 1 fully saturated rings. The molecule has 0 aliphatic carbocycles. The van der Waals surface area contributed by atoms with Crippen LogP contribution in [0.15, 0.2) is 41.0 Å². The van der Waals surface area contributed by atoms with Crippen LogP contribution >= 0.6 is 0 Å². The molecule has 8 nitrogen and oxygen atoms in total. The first-order chi connectivity index (χ1) is 13.9. The second-order valence-corrected chi connectivity index (χ2v) is 7.19. The Kier molecular flexibility index (Phi) is 6.21. The lowest BCUT2D eigenvalue weighted by atomic mass is 10.1. The third-order valence-electron chi connectivity index (χ3n) is 5.00. The van der Waals surface area contributed by atoms with Gasteiger partial charge in [0.2, 0.25) is 0 Å². The van der Waals surface area contributed by atoms with Crippen LogP contribution in [0.25, 0.3) is 0 Å². The lowest BCUT2D eigenvalue weighted by Crippen LogP contribution is -2.53. The van der Waals surface area contributed by atoms with E-state index in [9.17, 15) is 14.4 Å². The number of carbonyl (C=O) groups is 3. The Morgan fingerprint density at radius 2 is 1.69 bits per heavy atom. The predicted octanol–water partition coefficient (Wildman–Crippen LogP) is 2.22. The number of hydrogen-bond donors (Lipinski definition) is 1. The van der Waals surface area contributed by atoms with Crippen molar-refractivity contribution in [2.75, 3.05) is 33.2 Å². The summed E-state index contributed by atoms with van der Waals surface area (Å²) in [5, 5.41) is 9.01. The zero-order valence-electron chi connectivity index (χ0n) is 16.6. The summed E-state index contributed by atoms with van der Waals surface area (Å²) in [4.78, 5) is 41.6. The molecule has 3 amide bonds. The first kappa shape index (κ1) is 20.4. The summed E-state index contributed by atoms with van der Waals surface area (Å²) in [6.45, 7) is 3.87. The van der Waals surface area contributed by atoms with Crippen molar-refractivity contribution in [2.24, 2.45) is 0 Å². The van der Waals surface area contributed by atoms with Gasteiger partial charge in [-0.15, -0.1) is 0 Å². The molecular formula is C21H25N3O5. The Morgan fingerprint density at radius 3 is 2.31 bits per heavy atom. The Morgan fingerprint density at radius 1 is 1.07 bits per heavy atom. The minimum atomic E-state index is -1.05. The van der Waals surface area contributed by atoms with Crippen molar-refractivity contribution in [3.63, 3.8) is 0 Å². The maximum absolute atomic E-state index is 12.9. The molecule has 29 heavy (non-hydrogen) atoms. The molecular weight excluding hydrogens is 374 g/mol. The van der Waals surface area contributed by atoms with Gasteiger partial charge in [-0.3, -0.25) is 9.59 Å². The molecule has 2 aromatic rings. The highest BCUT2D eigenvalue weighted by atomic mass is 16.4. The fraction of sp³-hybridized carbons (Fsp3) is 0.381. The highest BCUT2D eigenvalue weighted by Gasteiger charge is 2.30. The second-order valence-electron chi connectivity index (χ2n) is 7.19. The number of piperazine rings is 1. The Bertz CT molecular complexity index is 885. The topological polar surface area (TPSA) is 94.3 Å². The van der Waals surface area contributed by atoms with Crippen molar-refractivity contribution >= 4 is 17.9 Å². The van der Waals surface area contributed by atoms with Crippen molar-refractivity contribution < 1.29 is 23.9 Å². The molecule has 0 bridgehead atoms. The molecule has 0 spiro atoms. The minimum absolute atomic E-state index is 0.0768. The summed E-state index contributed by atoms with van der Waals surface area (Å²) in [6.07, 6.45) is 1.07. The van der Waals surface area contributed by atoms with Gasteiger partial charge in [0.25, 0.3) is 5.91 Å². The Hall–Kier alpha value is -3.29. The molecule has 1 aromatic carbocycles. The van der Waals surface area contributed by atoms with E-state index in [1.54, 1.807) is 28.7 Å². The molecule has 8 heteroatoms. The van der Waals surface area contributed by atoms with E-state index >= 15 is 0 Å². The van der Waals surface area contributed by atoms with Crippen molar-refractivity contribution in [2.45, 2.75) is 19.9 Å². The largest absolute Gasteiger partial charge is 0.481 e. The van der Waals surface area contributed by atoms with Gasteiger partial charge in [0.15, 0.2) is 0 Å². The third kappa shape index (κ3) is 4.77. The molecule has 0 unspecified atom stereocenters. The maximum Gasteiger partial charge on any atom is 0.320 e. The standard InChI is InChI=1S/C21H25N3O5/c1-15-14-29-17(12-18(25)26)19(15)20(27)23-8-10-24(11-9-23)21(28)22(2)13-16-6-4-3-5-7-16/h3-7,14H,8-13H2,1-2H3,(H,25,26). The van der Waals surface area contributed by atoms with Crippen LogP contribution in [-0.2, 0) is 17.8 Å². The monoisotopic (exact) mass is 399 g/mol. The van der Waals surface area contributed by atoms with Crippen LogP contribution in [0, 0.1) is 6.92 Å². The van der Waals surface area contributed by atoms with Crippen LogP contribution < -0.4 is 0 Å². The van der Waals surface area contributed by atoms with Gasteiger partial charge < -0.3 is 24.2 Å². The van der Waals surface area contributed by atoms with E-state index in [1.165, 1.54) is 6.26 Å². The zero-order chi connectivity index (χ0) is 21.0. The Balaban J connectivity index is 1.59. The number of benzene rings is 1. The van der Waals surface area contributed by atoms with Gasteiger partial charge in [0, 0.05) is 45.3 Å². The lowest BCUT2D eigenvalue weighted by molar-refractivity contribution is -0.136. The third-order valence-corrected chi connectivity index (χ3v) is 5.00. The molecule has 3 rings (SSSR count). The summed E-state index contributed by atoms with van der Waals surface area (Å²) in [5.41, 5.74) is 1.99. The molecule has 2 heterocycles. The van der Waals surface area contributed by atoms with Gasteiger partial charge in [0.1, 0.15) is 12.2 Å². The van der Waals surface area contributed by atoms with E-state index < -0.39 is 5.97 Å². The summed E-state index contributed by atoms with van der Waals surface area (Å²) in [6, 6.07) is 9.69. The highest BCUT2D eigenvalue weighted by molar-refractivity contribution is 5.97. The van der Waals surface area contributed by atoms with Crippen LogP contribution in [0.2, 0.25) is 0 Å². The second kappa shape index (κ2) is 8.81. The van der Waals surface area contributed by atoms with Crippen LogP contribution in [0.1, 0.15) is 27.2 Å². The molecule has 0 atom stereocenters. The highest BCUT2D eigenvalue weighted by Crippen LogP contribution is 2.21. The molecule has 0 radical (unpaired) electrons. The average Bonchev–Trinajstić information content (AvgIpc) is 3.07. The smallest absolute Gasteiger partial charge is 0.320 e. The predicted molar refractivity (Wildman–Crippen MR) is 106 cm³/mol. The number of aryl methyl sites for hydroxylation is 1. The summed E-state index contributed by atoms with van der Waals surface area (Å²) >= 11 is 0. The fourth-order valence-corrected chi connectivity index (χ4v) is 3.48. The first-order valence-corrected chi connectivity index (χ1v) is 9.48. The zero-order valence-corrected chi connectivity index (χ0v) is 16.6. The van der Waals surface area contributed by atoms with Gasteiger partial charge in [-0.25, -0.2) is 4.79 Å². The molecule has 154 valence electrons. The van der Waals surface area contributed by atoms with Crippen molar-refractivity contribution in [3.05, 3.63) is 59.0 Å². The maximum atomic E-state index is 12.9. The summed E-state index contributed by atoms with van der Waals surface area (Å²) < 4.78 is 5.27. The number of amides is 3. The molecule has 0 saturated carbocycles. The molecule has 1 aromatic heterocycles. The van der Waals surface area contributed by atoms with E-state index in [2.05, 4.69) is 0 Å². The first-order valence-electron chi connectivity index (χ1n) is 9.48. The number of rotatable bonds is 5. The molecule has 1 saturated heterocycles. The number of aliphatic carboxylic acids is 1. The number of nitrogens with zero attached hydrogens (tertiary/aromatic N) is 3. The van der Waals surface area contributed by atoms with Crippen molar-refractivity contribution in [1.29, 1.82) is 0 Å². The van der Waals surface area contributed by atoms with Crippen LogP contribution in [0.5, 0.6) is 0 Å². The molecule has 1 N–H and O–H groups in total. The number of carboxylic acid groups (broad SMARTS) is 1. The van der Waals surface area contributed by atoms with E-state index in [0.29, 0.717) is 43.9 Å². The van der Waals surface area contributed by atoms with Crippen LogP contribution in [-0.4, -0.2) is 70.9 Å². The van der Waals surface area contributed by atoms with Gasteiger partial charge in [-0.1, -0.05) is 30.3 Å². The van der Waals surface area contributed by atoms with Crippen molar-refractivity contribution in [1.82, 2.24) is 14.7 Å². The van der Waals surface area contributed by atoms with E-state index in [4.69, 9.17) is 9.52 Å². The molecule has 1 aliphatic heterocycles. The van der Waals surface area contributed by atoms with Crippen LogP contribution in [0.3, 0.4) is 0 Å². The van der Waals surface area contributed by atoms with E-state index in [0.717, 1.165) is 5.56 Å². The van der Waals surface area contributed by atoms with E-state index in [-0.39, 0.29) is 24.1 Å². The normalized spacial score (nSPS) is 14.0.